The van der Waals surface area contributed by atoms with Gasteiger partial charge in [0.25, 0.3) is 0 Å². The first kappa shape index (κ1) is 17.8. The van der Waals surface area contributed by atoms with Gasteiger partial charge >= 0.3 is 6.36 Å². The Bertz CT molecular complexity index is 957. The first-order valence-electron chi connectivity index (χ1n) is 8.06. The SMILES string of the molecule is FC(F)(F)Oc1ccc(C2CC(Oc3ccc(-c4nn[nH]n4)cc3)=NO2)cc1. The first-order chi connectivity index (χ1) is 13.5. The lowest BCUT2D eigenvalue weighted by Gasteiger charge is -2.11. The molecule has 0 radical (unpaired) electrons. The summed E-state index contributed by atoms with van der Waals surface area (Å²) in [7, 11) is 0. The van der Waals surface area contributed by atoms with E-state index >= 15 is 0 Å². The molecule has 2 aromatic carbocycles. The maximum absolute atomic E-state index is 12.2. The number of halogens is 3. The molecule has 1 N–H and O–H groups in total. The lowest BCUT2D eigenvalue weighted by Crippen LogP contribution is -2.17. The summed E-state index contributed by atoms with van der Waals surface area (Å²) in [5.74, 6) is 1.07. The lowest BCUT2D eigenvalue weighted by molar-refractivity contribution is -0.274. The molecular formula is C17H12F3N5O3. The zero-order chi connectivity index (χ0) is 19.6. The molecule has 1 aliphatic heterocycles. The molecule has 1 unspecified atom stereocenters. The van der Waals surface area contributed by atoms with Gasteiger partial charge in [-0.2, -0.15) is 5.21 Å². The minimum Gasteiger partial charge on any atom is -0.440 e. The standard InChI is InChI=1S/C17H12F3N5O3/c18-17(19,20)27-13-7-1-10(2-8-13)14-9-15(23-28-14)26-12-5-3-11(4-6-12)16-21-24-25-22-16/h1-8,14H,9H2,(H,21,22,24,25). The molecule has 8 nitrogen and oxygen atoms in total. The van der Waals surface area contributed by atoms with Gasteiger partial charge in [-0.25, -0.2) is 0 Å². The molecule has 0 saturated heterocycles. The van der Waals surface area contributed by atoms with Gasteiger partial charge in [0.15, 0.2) is 6.10 Å². The summed E-state index contributed by atoms with van der Waals surface area (Å²) in [5, 5.41) is 17.5. The number of hydrogen-bond acceptors (Lipinski definition) is 7. The molecule has 0 saturated carbocycles. The summed E-state index contributed by atoms with van der Waals surface area (Å²) in [4.78, 5) is 5.31. The molecule has 0 amide bonds. The van der Waals surface area contributed by atoms with Crippen LogP contribution in [0.1, 0.15) is 18.1 Å². The molecule has 0 fully saturated rings. The topological polar surface area (TPSA) is 94.5 Å². The van der Waals surface area contributed by atoms with Crippen molar-refractivity contribution in [2.45, 2.75) is 18.9 Å². The molecule has 144 valence electrons. The highest BCUT2D eigenvalue weighted by Gasteiger charge is 2.31. The number of hydrogen-bond donors (Lipinski definition) is 1. The average Bonchev–Trinajstić information content (AvgIpc) is 3.34. The molecule has 1 aromatic heterocycles. The molecule has 0 aliphatic carbocycles. The smallest absolute Gasteiger partial charge is 0.440 e. The van der Waals surface area contributed by atoms with Crippen LogP contribution in [0, 0.1) is 0 Å². The van der Waals surface area contributed by atoms with Crippen LogP contribution in [0.4, 0.5) is 13.2 Å². The van der Waals surface area contributed by atoms with Gasteiger partial charge < -0.3 is 14.3 Å². The molecule has 1 aliphatic rings. The molecule has 2 heterocycles. The molecule has 11 heteroatoms. The predicted octanol–water partition coefficient (Wildman–Crippen LogP) is 3.62. The summed E-state index contributed by atoms with van der Waals surface area (Å²) >= 11 is 0. The molecule has 28 heavy (non-hydrogen) atoms. The Morgan fingerprint density at radius 2 is 1.71 bits per heavy atom. The molecule has 0 spiro atoms. The molecule has 4 rings (SSSR count). The largest absolute Gasteiger partial charge is 0.573 e. The summed E-state index contributed by atoms with van der Waals surface area (Å²) in [6.07, 6.45) is -4.84. The number of aromatic amines is 1. The maximum Gasteiger partial charge on any atom is 0.573 e. The van der Waals surface area contributed by atoms with Gasteiger partial charge in [-0.1, -0.05) is 17.3 Å². The Morgan fingerprint density at radius 3 is 2.36 bits per heavy atom. The minimum absolute atomic E-state index is 0.298. The van der Waals surface area contributed by atoms with Crippen molar-refractivity contribution in [3.8, 4) is 22.9 Å². The Kier molecular flexibility index (Phi) is 4.55. The molecule has 3 aromatic rings. The van der Waals surface area contributed by atoms with Crippen LogP contribution >= 0.6 is 0 Å². The van der Waals surface area contributed by atoms with E-state index in [1.54, 1.807) is 24.3 Å². The van der Waals surface area contributed by atoms with Crippen LogP contribution in [0.2, 0.25) is 0 Å². The van der Waals surface area contributed by atoms with Crippen molar-refractivity contribution >= 4 is 5.90 Å². The number of nitrogens with zero attached hydrogens (tertiary/aromatic N) is 4. The summed E-state index contributed by atoms with van der Waals surface area (Å²) in [5.41, 5.74) is 1.43. The van der Waals surface area contributed by atoms with Crippen molar-refractivity contribution in [3.05, 3.63) is 54.1 Å². The number of rotatable bonds is 4. The van der Waals surface area contributed by atoms with E-state index in [1.807, 2.05) is 0 Å². The van der Waals surface area contributed by atoms with Crippen molar-refractivity contribution in [2.24, 2.45) is 5.16 Å². The number of oxime groups is 1. The van der Waals surface area contributed by atoms with Crippen LogP contribution in [0.3, 0.4) is 0 Å². The van der Waals surface area contributed by atoms with E-state index in [0.29, 0.717) is 29.5 Å². The second kappa shape index (κ2) is 7.18. The summed E-state index contributed by atoms with van der Waals surface area (Å²) < 4.78 is 46.2. The number of benzene rings is 2. The van der Waals surface area contributed by atoms with E-state index in [4.69, 9.17) is 9.57 Å². The Hall–Kier alpha value is -3.63. The van der Waals surface area contributed by atoms with E-state index in [9.17, 15) is 13.2 Å². The van der Waals surface area contributed by atoms with Crippen LogP contribution < -0.4 is 9.47 Å². The second-order valence-electron chi connectivity index (χ2n) is 5.76. The Morgan fingerprint density at radius 1 is 1.00 bits per heavy atom. The number of tetrazole rings is 1. The number of ether oxygens (including phenoxy) is 2. The van der Waals surface area contributed by atoms with Crippen LogP contribution in [-0.4, -0.2) is 32.9 Å². The zero-order valence-electron chi connectivity index (χ0n) is 14.1. The van der Waals surface area contributed by atoms with Crippen molar-refractivity contribution in [3.63, 3.8) is 0 Å². The van der Waals surface area contributed by atoms with E-state index in [0.717, 1.165) is 5.56 Å². The molecule has 1 atom stereocenters. The monoisotopic (exact) mass is 391 g/mol. The van der Waals surface area contributed by atoms with Gasteiger partial charge in [0.2, 0.25) is 11.7 Å². The van der Waals surface area contributed by atoms with Crippen LogP contribution in [0.25, 0.3) is 11.4 Å². The summed E-state index contributed by atoms with van der Waals surface area (Å²) in [6, 6.07) is 12.4. The lowest BCUT2D eigenvalue weighted by atomic mass is 10.1. The fraction of sp³-hybridized carbons (Fsp3) is 0.176. The molecular weight excluding hydrogens is 379 g/mol. The number of aromatic nitrogens is 4. The highest BCUT2D eigenvalue weighted by atomic mass is 19.4. The highest BCUT2D eigenvalue weighted by molar-refractivity contribution is 5.80. The van der Waals surface area contributed by atoms with Crippen molar-refractivity contribution in [1.29, 1.82) is 0 Å². The maximum atomic E-state index is 12.2. The quantitative estimate of drug-likeness (QED) is 0.730. The predicted molar refractivity (Wildman–Crippen MR) is 89.2 cm³/mol. The average molecular weight is 391 g/mol. The third-order valence-corrected chi connectivity index (χ3v) is 3.82. The number of nitrogens with one attached hydrogen (secondary N) is 1. The molecule has 0 bridgehead atoms. The zero-order valence-corrected chi connectivity index (χ0v) is 14.1. The highest BCUT2D eigenvalue weighted by Crippen LogP contribution is 2.31. The minimum atomic E-state index is -4.73. The van der Waals surface area contributed by atoms with Crippen LogP contribution in [0.5, 0.6) is 11.5 Å². The number of alkyl halides is 3. The van der Waals surface area contributed by atoms with Gasteiger partial charge in [0.1, 0.15) is 11.5 Å². The number of H-pyrrole nitrogens is 1. The van der Waals surface area contributed by atoms with Crippen molar-refractivity contribution in [1.82, 2.24) is 20.6 Å². The summed E-state index contributed by atoms with van der Waals surface area (Å²) in [6.45, 7) is 0. The van der Waals surface area contributed by atoms with Gasteiger partial charge in [-0.15, -0.1) is 23.4 Å². The van der Waals surface area contributed by atoms with Gasteiger partial charge in [0, 0.05) is 5.56 Å². The second-order valence-corrected chi connectivity index (χ2v) is 5.76. The Labute approximate surface area is 155 Å². The van der Waals surface area contributed by atoms with E-state index < -0.39 is 12.5 Å². The fourth-order valence-corrected chi connectivity index (χ4v) is 2.57. The van der Waals surface area contributed by atoms with Crippen molar-refractivity contribution in [2.75, 3.05) is 0 Å². The van der Waals surface area contributed by atoms with Crippen LogP contribution in [0.15, 0.2) is 53.7 Å². The third kappa shape index (κ3) is 4.19. The normalized spacial score (nSPS) is 16.4. The van der Waals surface area contributed by atoms with E-state index in [-0.39, 0.29) is 5.75 Å². The van der Waals surface area contributed by atoms with Crippen molar-refractivity contribution < 1.29 is 27.5 Å². The van der Waals surface area contributed by atoms with Gasteiger partial charge in [-0.3, -0.25) is 0 Å². The van der Waals surface area contributed by atoms with E-state index in [1.165, 1.54) is 24.3 Å². The third-order valence-electron chi connectivity index (χ3n) is 3.82. The van der Waals surface area contributed by atoms with E-state index in [2.05, 4.69) is 30.5 Å². The Balaban J connectivity index is 1.35. The van der Waals surface area contributed by atoms with Gasteiger partial charge in [-0.05, 0) is 47.2 Å². The fourth-order valence-electron chi connectivity index (χ4n) is 2.57. The first-order valence-corrected chi connectivity index (χ1v) is 8.06. The van der Waals surface area contributed by atoms with Crippen LogP contribution in [-0.2, 0) is 4.84 Å². The van der Waals surface area contributed by atoms with Gasteiger partial charge in [0.05, 0.1) is 6.42 Å².